The largest absolute Gasteiger partial charge is 0.492 e. The summed E-state index contributed by atoms with van der Waals surface area (Å²) < 4.78 is 32.4. The Labute approximate surface area is 179 Å². The lowest BCUT2D eigenvalue weighted by atomic mass is 10.1. The first-order chi connectivity index (χ1) is 14.4. The fraction of sp³-hybridized carbons (Fsp3) is 0.350. The molecule has 0 spiro atoms. The first-order valence-electron chi connectivity index (χ1n) is 9.69. The summed E-state index contributed by atoms with van der Waals surface area (Å²) in [5.41, 5.74) is 1.91. The second-order valence-electron chi connectivity index (χ2n) is 7.26. The Kier molecular flexibility index (Phi) is 6.14. The maximum atomic E-state index is 12.1. The Morgan fingerprint density at radius 1 is 1.27 bits per heavy atom. The summed E-state index contributed by atoms with van der Waals surface area (Å²) in [7, 11) is -3.32. The molecule has 4 N–H and O–H groups in total. The summed E-state index contributed by atoms with van der Waals surface area (Å²) in [6, 6.07) is 12.3. The van der Waals surface area contributed by atoms with Crippen LogP contribution in [0.25, 0.3) is 10.9 Å². The number of hydrogen-bond donors (Lipinski definition) is 4. The highest BCUT2D eigenvalue weighted by Crippen LogP contribution is 2.30. The second kappa shape index (κ2) is 8.81. The minimum absolute atomic E-state index is 0.293. The van der Waals surface area contributed by atoms with E-state index in [1.54, 1.807) is 24.3 Å². The predicted molar refractivity (Wildman–Crippen MR) is 116 cm³/mol. The number of hydrogen-bond acceptors (Lipinski definition) is 6. The number of nitrogens with zero attached hydrogens (tertiary/aromatic N) is 1. The molecule has 0 amide bonds. The highest BCUT2D eigenvalue weighted by molar-refractivity contribution is 7.93. The lowest BCUT2D eigenvalue weighted by Gasteiger charge is -2.14. The van der Waals surface area contributed by atoms with Gasteiger partial charge in [0.25, 0.3) is 0 Å². The number of benzene rings is 2. The minimum Gasteiger partial charge on any atom is -0.492 e. The highest BCUT2D eigenvalue weighted by atomic mass is 35.5. The Morgan fingerprint density at radius 3 is 2.90 bits per heavy atom. The number of fused-ring (bicyclic) bond motifs is 1. The zero-order valence-corrected chi connectivity index (χ0v) is 17.7. The number of halogens is 1. The molecule has 8 nitrogen and oxygen atoms in total. The maximum Gasteiger partial charge on any atom is 0.235 e. The van der Waals surface area contributed by atoms with E-state index in [2.05, 4.69) is 20.2 Å². The van der Waals surface area contributed by atoms with Crippen molar-refractivity contribution in [1.82, 2.24) is 15.5 Å². The number of aliphatic hydroxyl groups excluding tert-OH is 1. The smallest absolute Gasteiger partial charge is 0.235 e. The first-order valence-corrected chi connectivity index (χ1v) is 11.6. The van der Waals surface area contributed by atoms with Crippen LogP contribution in [0.3, 0.4) is 0 Å². The number of sulfonamides is 1. The van der Waals surface area contributed by atoms with E-state index in [0.29, 0.717) is 54.7 Å². The maximum absolute atomic E-state index is 12.1. The third kappa shape index (κ3) is 5.04. The molecule has 0 unspecified atom stereocenters. The van der Waals surface area contributed by atoms with E-state index in [1.165, 1.54) is 0 Å². The molecule has 10 heteroatoms. The molecule has 4 rings (SSSR count). The third-order valence-corrected chi connectivity index (χ3v) is 7.03. The fourth-order valence-electron chi connectivity index (χ4n) is 3.09. The number of nitrogens with one attached hydrogen (secondary N) is 3. The third-order valence-electron chi connectivity index (χ3n) is 4.87. The van der Waals surface area contributed by atoms with Crippen molar-refractivity contribution >= 4 is 38.2 Å². The molecule has 2 aromatic carbocycles. The van der Waals surface area contributed by atoms with Gasteiger partial charge in [-0.05, 0) is 42.7 Å². The van der Waals surface area contributed by atoms with Gasteiger partial charge >= 0.3 is 0 Å². The molecule has 1 aromatic heterocycles. The molecule has 3 aromatic rings. The van der Waals surface area contributed by atoms with Gasteiger partial charge in [-0.1, -0.05) is 23.7 Å². The Morgan fingerprint density at radius 2 is 2.10 bits per heavy atom. The molecule has 1 atom stereocenters. The molecule has 0 radical (unpaired) electrons. The lowest BCUT2D eigenvalue weighted by Crippen LogP contribution is -2.26. The number of rotatable bonds is 10. The normalized spacial score (nSPS) is 15.3. The fourth-order valence-corrected chi connectivity index (χ4v) is 4.67. The Balaban J connectivity index is 1.23. The average Bonchev–Trinajstić information content (AvgIpc) is 3.53. The van der Waals surface area contributed by atoms with Crippen molar-refractivity contribution in [2.24, 2.45) is 0 Å². The number of H-pyrrole nitrogens is 1. The molecule has 1 aliphatic carbocycles. The number of aliphatic hydroxyl groups is 1. The monoisotopic (exact) mass is 450 g/mol. The standard InChI is InChI=1S/C20H23ClN4O4S/c21-20-17-7-4-15(11-18(17)23-24-20)29-9-8-22-12-19(26)13-2-1-3-14(10-13)25-30(27,28)16-5-6-16/h1-4,7,10-11,16,19,22,25-26H,5-6,8-9,12H2,(H,23,24)/t19-/m0/s1. The zero-order chi connectivity index (χ0) is 21.1. The SMILES string of the molecule is O=S(=O)(Nc1cccc([C@@H](O)CNCCOc2ccc3c(Cl)n[nH]c3c2)c1)C1CC1. The van der Waals surface area contributed by atoms with Gasteiger partial charge in [0.05, 0.1) is 16.9 Å². The molecule has 30 heavy (non-hydrogen) atoms. The van der Waals surface area contributed by atoms with Crippen LogP contribution in [0.4, 0.5) is 5.69 Å². The van der Waals surface area contributed by atoms with E-state index in [1.807, 2.05) is 18.2 Å². The van der Waals surface area contributed by atoms with Crippen molar-refractivity contribution in [3.05, 3.63) is 53.2 Å². The van der Waals surface area contributed by atoms with Crippen LogP contribution in [-0.2, 0) is 10.0 Å². The van der Waals surface area contributed by atoms with Gasteiger partial charge in [0.2, 0.25) is 10.0 Å². The van der Waals surface area contributed by atoms with Crippen LogP contribution in [0.1, 0.15) is 24.5 Å². The quantitative estimate of drug-likeness (QED) is 0.353. The van der Waals surface area contributed by atoms with Crippen LogP contribution in [0.5, 0.6) is 5.75 Å². The number of aromatic nitrogens is 2. The second-order valence-corrected chi connectivity index (χ2v) is 9.58. The van der Waals surface area contributed by atoms with Gasteiger partial charge in [-0.15, -0.1) is 0 Å². The van der Waals surface area contributed by atoms with E-state index in [-0.39, 0.29) is 5.25 Å². The van der Waals surface area contributed by atoms with Crippen molar-refractivity contribution in [3.8, 4) is 5.75 Å². The molecule has 1 fully saturated rings. The number of aromatic amines is 1. The molecule has 1 saturated carbocycles. The Hall–Kier alpha value is -2.33. The van der Waals surface area contributed by atoms with Gasteiger partial charge in [0, 0.05) is 30.2 Å². The van der Waals surface area contributed by atoms with Gasteiger partial charge in [0.1, 0.15) is 12.4 Å². The van der Waals surface area contributed by atoms with Gasteiger partial charge in [-0.3, -0.25) is 9.82 Å². The van der Waals surface area contributed by atoms with Crippen LogP contribution in [-0.4, -0.2) is 48.7 Å². The van der Waals surface area contributed by atoms with Crippen molar-refractivity contribution in [2.45, 2.75) is 24.2 Å². The van der Waals surface area contributed by atoms with Gasteiger partial charge < -0.3 is 15.2 Å². The highest BCUT2D eigenvalue weighted by Gasteiger charge is 2.35. The molecule has 1 aliphatic rings. The number of ether oxygens (including phenoxy) is 1. The van der Waals surface area contributed by atoms with E-state index < -0.39 is 16.1 Å². The van der Waals surface area contributed by atoms with Crippen LogP contribution in [0.15, 0.2) is 42.5 Å². The van der Waals surface area contributed by atoms with Gasteiger partial charge in [0.15, 0.2) is 5.15 Å². The summed E-state index contributed by atoms with van der Waals surface area (Å²) in [6.07, 6.45) is 0.638. The summed E-state index contributed by atoms with van der Waals surface area (Å²) in [5.74, 6) is 0.695. The van der Waals surface area contributed by atoms with Crippen molar-refractivity contribution in [2.75, 3.05) is 24.4 Å². The lowest BCUT2D eigenvalue weighted by molar-refractivity contribution is 0.172. The minimum atomic E-state index is -3.32. The number of anilines is 1. The molecule has 160 valence electrons. The molecule has 0 aliphatic heterocycles. The molecule has 0 bridgehead atoms. The molecule has 1 heterocycles. The zero-order valence-electron chi connectivity index (χ0n) is 16.1. The summed E-state index contributed by atoms with van der Waals surface area (Å²) in [6.45, 7) is 1.27. The van der Waals surface area contributed by atoms with E-state index in [4.69, 9.17) is 16.3 Å². The average molecular weight is 451 g/mol. The predicted octanol–water partition coefficient (Wildman–Crippen LogP) is 2.82. The van der Waals surface area contributed by atoms with Crippen molar-refractivity contribution in [3.63, 3.8) is 0 Å². The van der Waals surface area contributed by atoms with Crippen LogP contribution < -0.4 is 14.8 Å². The van der Waals surface area contributed by atoms with E-state index in [0.717, 1.165) is 10.9 Å². The molecular weight excluding hydrogens is 428 g/mol. The topological polar surface area (TPSA) is 116 Å². The van der Waals surface area contributed by atoms with Crippen molar-refractivity contribution < 1.29 is 18.3 Å². The Bertz CT molecular complexity index is 1130. The van der Waals surface area contributed by atoms with E-state index >= 15 is 0 Å². The van der Waals surface area contributed by atoms with Crippen LogP contribution in [0.2, 0.25) is 5.15 Å². The van der Waals surface area contributed by atoms with Gasteiger partial charge in [-0.25, -0.2) is 8.42 Å². The molecular formula is C20H23ClN4O4S. The van der Waals surface area contributed by atoms with Crippen LogP contribution in [0, 0.1) is 0 Å². The first kappa shape index (κ1) is 20.9. The van der Waals surface area contributed by atoms with E-state index in [9.17, 15) is 13.5 Å². The van der Waals surface area contributed by atoms with Crippen LogP contribution >= 0.6 is 11.6 Å². The summed E-state index contributed by atoms with van der Waals surface area (Å²) in [5, 5.41) is 21.3. The van der Waals surface area contributed by atoms with Crippen molar-refractivity contribution in [1.29, 1.82) is 0 Å². The summed E-state index contributed by atoms with van der Waals surface area (Å²) >= 11 is 5.96. The molecule has 0 saturated heterocycles. The van der Waals surface area contributed by atoms with Gasteiger partial charge in [-0.2, -0.15) is 5.10 Å². The summed E-state index contributed by atoms with van der Waals surface area (Å²) in [4.78, 5) is 0.